The molecule has 0 atom stereocenters. The van der Waals surface area contributed by atoms with E-state index in [2.05, 4.69) is 55.6 Å². The highest BCUT2D eigenvalue weighted by Crippen LogP contribution is 2.33. The quantitative estimate of drug-likeness (QED) is 0.0242. The molecule has 0 unspecified atom stereocenters. The Morgan fingerprint density at radius 2 is 0.297 bits per heavy atom. The second kappa shape index (κ2) is 112. The predicted octanol–water partition coefficient (Wildman–Crippen LogP) is 43.8. The summed E-state index contributed by atoms with van der Waals surface area (Å²) in [4.78, 5) is 11.3. The van der Waals surface area contributed by atoms with Gasteiger partial charge in [-0.1, -0.05) is 635 Å². The predicted molar refractivity (Wildman–Crippen MR) is 614 cm³/mol. The summed E-state index contributed by atoms with van der Waals surface area (Å²) in [6.07, 6.45) is 141. The van der Waals surface area contributed by atoms with Crippen LogP contribution in [0.3, 0.4) is 0 Å². The fourth-order valence-corrected chi connectivity index (χ4v) is 21.8. The first-order valence-corrected chi connectivity index (χ1v) is 64.9. The minimum Gasteiger partial charge on any atom is -0.765 e. The third kappa shape index (κ3) is 105. The van der Waals surface area contributed by atoms with Crippen molar-refractivity contribution < 1.29 is 35.9 Å². The number of unbranched alkanes of at least 4 members (excludes halogenated alkanes) is 90. The Hall–Kier alpha value is -2.52. The molecular formula is C128H243N2O6PS. The number of quaternary nitrogens is 2. The van der Waals surface area contributed by atoms with E-state index in [1.165, 1.54) is 689 Å². The largest absolute Gasteiger partial charge is 0.765 e. The van der Waals surface area contributed by atoms with Crippen molar-refractivity contribution in [1.29, 1.82) is 0 Å². The van der Waals surface area contributed by atoms with Gasteiger partial charge < -0.3 is 27.5 Å². The molecule has 0 N–H and O–H groups in total. The standard InChI is InChI=1S/2C55H114N.C12H10O3P.C6H6O3S/c2*1-5-8-11-14-17-20-23-26-29-32-35-38-41-44-47-50-53-56(4,54-51-48-45-42-39-36-33-30-27-24-21-18-15-12-9-6-2)55-52-49-46-43-40-37-34-31-28-25-22-19-16-13-10-7-3;13-16(14-11-7-3-1-4-8-11)15-12-9-5-2-6-10-12;7-10(8,9)6-4-2-1-3-5-6/h2*5-55H2,1-4H3;1-10H;1-5H,(H,7,8,9)/q2*+1;-1;/p-1. The first-order chi connectivity index (χ1) is 67.8. The zero-order valence-electron chi connectivity index (χ0n) is 94.5. The third-order valence-electron chi connectivity index (χ3n) is 30.2. The third-order valence-corrected chi connectivity index (χ3v) is 31.8. The maximum absolute atomic E-state index is 11.5. The summed E-state index contributed by atoms with van der Waals surface area (Å²) in [5, 5.41) is 0. The van der Waals surface area contributed by atoms with E-state index < -0.39 is 18.7 Å². The number of para-hydroxylation sites is 2. The van der Waals surface area contributed by atoms with E-state index in [0.29, 0.717) is 11.5 Å². The zero-order chi connectivity index (χ0) is 100.0. The molecule has 3 aromatic carbocycles. The molecule has 0 bridgehead atoms. The normalized spacial score (nSPS) is 11.7. The highest BCUT2D eigenvalue weighted by molar-refractivity contribution is 7.85. The minimum absolute atomic E-state index is 0.185. The van der Waals surface area contributed by atoms with Gasteiger partial charge in [-0.25, -0.2) is 8.42 Å². The van der Waals surface area contributed by atoms with Gasteiger partial charge in [0.25, 0.3) is 0 Å². The van der Waals surface area contributed by atoms with Crippen LogP contribution in [0.15, 0.2) is 95.9 Å². The lowest BCUT2D eigenvalue weighted by Crippen LogP contribution is -2.46. The Balaban J connectivity index is 0.00000214. The lowest BCUT2D eigenvalue weighted by Gasteiger charge is -2.35. The van der Waals surface area contributed by atoms with Crippen LogP contribution >= 0.6 is 8.60 Å². The Morgan fingerprint density at radius 1 is 0.188 bits per heavy atom. The van der Waals surface area contributed by atoms with E-state index in [9.17, 15) is 17.9 Å². The van der Waals surface area contributed by atoms with E-state index in [1.54, 1.807) is 54.6 Å². The molecule has 10 heteroatoms. The topological polar surface area (TPSA) is 98.7 Å². The highest BCUT2D eigenvalue weighted by Gasteiger charge is 2.22. The van der Waals surface area contributed by atoms with Gasteiger partial charge >= 0.3 is 0 Å². The highest BCUT2D eigenvalue weighted by atomic mass is 32.2. The number of hydrogen-bond donors (Lipinski definition) is 0. The van der Waals surface area contributed by atoms with Gasteiger partial charge in [-0.3, -0.25) is 0 Å². The average Bonchev–Trinajstić information content (AvgIpc) is 0.835. The maximum Gasteiger partial charge on any atom is 0.210 e. The van der Waals surface area contributed by atoms with Crippen LogP contribution in [-0.2, 0) is 10.1 Å². The Labute approximate surface area is 867 Å². The number of nitrogens with zero attached hydrogens (tertiary/aromatic N) is 2. The molecule has 3 aromatic rings. The first-order valence-electron chi connectivity index (χ1n) is 62.4. The summed E-state index contributed by atoms with van der Waals surface area (Å²) < 4.78 is 43.8. The Bertz CT molecular complexity index is 2500. The van der Waals surface area contributed by atoms with E-state index in [1.807, 2.05) is 12.1 Å². The zero-order valence-corrected chi connectivity index (χ0v) is 96.2. The molecule has 3 rings (SSSR count). The van der Waals surface area contributed by atoms with Gasteiger partial charge in [0.15, 0.2) is 0 Å². The van der Waals surface area contributed by atoms with Crippen LogP contribution in [0.2, 0.25) is 0 Å². The lowest BCUT2D eigenvalue weighted by atomic mass is 10.0. The second-order valence-corrected chi connectivity index (χ2v) is 46.4. The van der Waals surface area contributed by atoms with Crippen molar-refractivity contribution in [3.8, 4) is 11.5 Å². The molecule has 812 valence electrons. The molecule has 0 saturated carbocycles. The summed E-state index contributed by atoms with van der Waals surface area (Å²) in [7, 11) is -1.15. The Morgan fingerprint density at radius 3 is 0.406 bits per heavy atom. The van der Waals surface area contributed by atoms with Crippen molar-refractivity contribution in [1.82, 2.24) is 0 Å². The van der Waals surface area contributed by atoms with Crippen LogP contribution in [0.1, 0.15) is 658 Å². The number of benzene rings is 3. The number of hydrogen-bond acceptors (Lipinski definition) is 6. The van der Waals surface area contributed by atoms with Crippen molar-refractivity contribution in [2.24, 2.45) is 0 Å². The van der Waals surface area contributed by atoms with Gasteiger partial charge in [0.1, 0.15) is 21.6 Å². The number of rotatable bonds is 107. The molecule has 138 heavy (non-hydrogen) atoms. The SMILES string of the molecule is CCCCCCCCCCCCCCCCCC[N+](C)(CCCCCCCCCCCCCCCCCC)CCCCCCCCCCCCCCCCCC.CCCCCCCCCCCCCCCCCC[N+](C)(CCCCCCCCCCCCCCCCCC)CCCCCCCCCCCCCCCCCC.O=S(=O)([O-])c1ccccc1.[O-]P(Oc1ccccc1)Oc1ccccc1. The van der Waals surface area contributed by atoms with Crippen LogP contribution in [-0.4, -0.2) is 75.3 Å². The van der Waals surface area contributed by atoms with Crippen molar-refractivity contribution in [2.45, 2.75) is 663 Å². The second-order valence-electron chi connectivity index (χ2n) is 44.2. The summed E-state index contributed by atoms with van der Waals surface area (Å²) in [5.41, 5.74) is 0. The van der Waals surface area contributed by atoms with Crippen LogP contribution < -0.4 is 13.9 Å². The smallest absolute Gasteiger partial charge is 0.210 e. The summed E-state index contributed by atoms with van der Waals surface area (Å²) in [6, 6.07) is 25.0. The molecule has 0 spiro atoms. The molecule has 0 aliphatic rings. The molecule has 0 heterocycles. The summed E-state index contributed by atoms with van der Waals surface area (Å²) in [5.74, 6) is 1.05. The van der Waals surface area contributed by atoms with Crippen molar-refractivity contribution in [3.05, 3.63) is 91.0 Å². The van der Waals surface area contributed by atoms with Crippen LogP contribution in [0.4, 0.5) is 0 Å². The molecular weight excluding hydrogens is 1720 g/mol. The molecule has 0 aliphatic heterocycles. The monoisotopic (exact) mass is 1970 g/mol. The average molecular weight is 1970 g/mol. The van der Waals surface area contributed by atoms with E-state index in [0.717, 1.165) is 0 Å². The van der Waals surface area contributed by atoms with Gasteiger partial charge in [-0.15, -0.1) is 0 Å². The maximum atomic E-state index is 11.5. The van der Waals surface area contributed by atoms with E-state index in [-0.39, 0.29) is 4.90 Å². The van der Waals surface area contributed by atoms with Crippen LogP contribution in [0.25, 0.3) is 0 Å². The molecule has 8 nitrogen and oxygen atoms in total. The molecule has 0 aliphatic carbocycles. The fourth-order valence-electron chi connectivity index (χ4n) is 20.7. The first kappa shape index (κ1) is 135. The minimum atomic E-state index is -4.25. The van der Waals surface area contributed by atoms with E-state index >= 15 is 0 Å². The van der Waals surface area contributed by atoms with Gasteiger partial charge in [0, 0.05) is 0 Å². The molecule has 0 aromatic heterocycles. The van der Waals surface area contributed by atoms with Gasteiger partial charge in [-0.2, -0.15) is 0 Å². The molecule has 0 radical (unpaired) electrons. The molecule has 0 amide bonds. The van der Waals surface area contributed by atoms with Crippen molar-refractivity contribution >= 4 is 18.7 Å². The van der Waals surface area contributed by atoms with E-state index in [4.69, 9.17) is 9.05 Å². The van der Waals surface area contributed by atoms with Gasteiger partial charge in [-0.05, 0) is 113 Å². The lowest BCUT2D eigenvalue weighted by molar-refractivity contribution is -0.910. The molecule has 0 fully saturated rings. The van der Waals surface area contributed by atoms with Gasteiger partial charge in [0.2, 0.25) is 8.60 Å². The Kier molecular flexibility index (Phi) is 110. The van der Waals surface area contributed by atoms with Crippen molar-refractivity contribution in [3.63, 3.8) is 0 Å². The van der Waals surface area contributed by atoms with Crippen LogP contribution in [0, 0.1) is 0 Å². The van der Waals surface area contributed by atoms with Crippen molar-refractivity contribution in [2.75, 3.05) is 53.4 Å². The van der Waals surface area contributed by atoms with Crippen LogP contribution in [0.5, 0.6) is 11.5 Å². The van der Waals surface area contributed by atoms with Gasteiger partial charge in [0.05, 0.1) is 58.3 Å². The fraction of sp³-hybridized carbons (Fsp3) is 0.859. The molecule has 0 saturated heterocycles. The summed E-state index contributed by atoms with van der Waals surface area (Å²) in [6.45, 7) is 22.6. The summed E-state index contributed by atoms with van der Waals surface area (Å²) >= 11 is 0.